The van der Waals surface area contributed by atoms with Crippen LogP contribution in [0, 0.1) is 13.8 Å². The zero-order valence-corrected chi connectivity index (χ0v) is 15.7. The smallest absolute Gasteiger partial charge is 0.246 e. The maximum Gasteiger partial charge on any atom is 0.246 e. The van der Waals surface area contributed by atoms with Crippen molar-refractivity contribution >= 4 is 23.0 Å². The van der Waals surface area contributed by atoms with Crippen LogP contribution in [-0.4, -0.2) is 22.4 Å². The molecule has 3 rings (SSSR count). The van der Waals surface area contributed by atoms with E-state index in [-0.39, 0.29) is 0 Å². The maximum absolute atomic E-state index is 5.34. The number of nitrogens with zero attached hydrogens (tertiary/aromatic N) is 2. The number of nitrogens with one attached hydrogen (secondary N) is 2. The number of hydrogen-bond donors (Lipinski definition) is 2. The Hall–Kier alpha value is -2.93. The van der Waals surface area contributed by atoms with Gasteiger partial charge in [-0.15, -0.1) is 0 Å². The molecule has 0 aliphatic carbocycles. The number of aromatic nitrogens is 2. The highest BCUT2D eigenvalue weighted by Gasteiger charge is 2.09. The Kier molecular flexibility index (Phi) is 5.48. The number of ether oxygens (including phenoxy) is 1. The molecule has 0 bridgehead atoms. The van der Waals surface area contributed by atoms with Crippen LogP contribution in [0.25, 0.3) is 11.4 Å². The fourth-order valence-corrected chi connectivity index (χ4v) is 2.56. The molecule has 0 fully saturated rings. The van der Waals surface area contributed by atoms with Crippen molar-refractivity contribution in [1.29, 1.82) is 0 Å². The zero-order valence-electron chi connectivity index (χ0n) is 14.9. The minimum atomic E-state index is 0.347. The third kappa shape index (κ3) is 4.37. The van der Waals surface area contributed by atoms with Gasteiger partial charge in [0.15, 0.2) is 5.11 Å². The standard InChI is InChI=1S/C19H20N4O2S/c1-12-4-5-13(2)16(10-12)21-19(26)20-11-17-22-18(23-25-17)14-6-8-15(24-3)9-7-14/h4-10H,11H2,1-3H3,(H2,20,21,26). The summed E-state index contributed by atoms with van der Waals surface area (Å²) in [5, 5.41) is 10.8. The van der Waals surface area contributed by atoms with E-state index in [1.54, 1.807) is 7.11 Å². The third-order valence-corrected chi connectivity index (χ3v) is 4.10. The summed E-state index contributed by atoms with van der Waals surface area (Å²) in [6.07, 6.45) is 0. The fourth-order valence-electron chi connectivity index (χ4n) is 2.38. The van der Waals surface area contributed by atoms with Crippen LogP contribution in [0.5, 0.6) is 5.75 Å². The average Bonchev–Trinajstić information content (AvgIpc) is 3.12. The number of anilines is 1. The van der Waals surface area contributed by atoms with Gasteiger partial charge in [0.05, 0.1) is 13.7 Å². The summed E-state index contributed by atoms with van der Waals surface area (Å²) in [6.45, 7) is 4.42. The molecule has 0 amide bonds. The Labute approximate surface area is 157 Å². The molecule has 0 unspecified atom stereocenters. The highest BCUT2D eigenvalue weighted by atomic mass is 32.1. The first kappa shape index (κ1) is 17.9. The molecule has 1 aromatic heterocycles. The molecule has 2 N–H and O–H groups in total. The molecular formula is C19H20N4O2S. The zero-order chi connectivity index (χ0) is 18.5. The Morgan fingerprint density at radius 2 is 1.92 bits per heavy atom. The van der Waals surface area contributed by atoms with Crippen molar-refractivity contribution in [2.24, 2.45) is 0 Å². The largest absolute Gasteiger partial charge is 0.497 e. The van der Waals surface area contributed by atoms with E-state index < -0.39 is 0 Å². The summed E-state index contributed by atoms with van der Waals surface area (Å²) in [5.41, 5.74) is 4.13. The van der Waals surface area contributed by atoms with Crippen LogP contribution in [0.1, 0.15) is 17.0 Å². The van der Waals surface area contributed by atoms with Gasteiger partial charge >= 0.3 is 0 Å². The van der Waals surface area contributed by atoms with Gasteiger partial charge in [0.25, 0.3) is 0 Å². The van der Waals surface area contributed by atoms with Gasteiger partial charge in [-0.3, -0.25) is 0 Å². The molecule has 1 heterocycles. The predicted octanol–water partition coefficient (Wildman–Crippen LogP) is 3.85. The Balaban J connectivity index is 1.58. The molecule has 134 valence electrons. The maximum atomic E-state index is 5.34. The molecule has 0 saturated heterocycles. The number of aryl methyl sites for hydroxylation is 2. The van der Waals surface area contributed by atoms with Crippen LogP contribution in [0.3, 0.4) is 0 Å². The lowest BCUT2D eigenvalue weighted by Gasteiger charge is -2.12. The van der Waals surface area contributed by atoms with Gasteiger partial charge < -0.3 is 19.9 Å². The van der Waals surface area contributed by atoms with E-state index >= 15 is 0 Å². The number of thiocarbonyl (C=S) groups is 1. The van der Waals surface area contributed by atoms with Crippen LogP contribution in [-0.2, 0) is 6.54 Å². The van der Waals surface area contributed by atoms with Crippen molar-refractivity contribution < 1.29 is 9.26 Å². The first-order chi connectivity index (χ1) is 12.5. The van der Waals surface area contributed by atoms with Crippen LogP contribution in [0.15, 0.2) is 47.0 Å². The monoisotopic (exact) mass is 368 g/mol. The number of hydrogen-bond acceptors (Lipinski definition) is 5. The summed E-state index contributed by atoms with van der Waals surface area (Å²) in [6, 6.07) is 13.6. The Bertz CT molecular complexity index is 906. The molecule has 6 nitrogen and oxygen atoms in total. The molecule has 2 aromatic carbocycles. The van der Waals surface area contributed by atoms with E-state index in [9.17, 15) is 0 Å². The van der Waals surface area contributed by atoms with Crippen molar-refractivity contribution in [2.45, 2.75) is 20.4 Å². The molecule has 0 spiro atoms. The Morgan fingerprint density at radius 1 is 1.15 bits per heavy atom. The predicted molar refractivity (Wildman–Crippen MR) is 105 cm³/mol. The third-order valence-electron chi connectivity index (χ3n) is 3.86. The van der Waals surface area contributed by atoms with Crippen molar-refractivity contribution in [3.8, 4) is 17.1 Å². The minimum Gasteiger partial charge on any atom is -0.497 e. The fraction of sp³-hybridized carbons (Fsp3) is 0.211. The molecule has 0 atom stereocenters. The molecule has 26 heavy (non-hydrogen) atoms. The molecule has 0 saturated carbocycles. The molecule has 0 aliphatic rings. The number of methoxy groups -OCH3 is 1. The van der Waals surface area contributed by atoms with E-state index in [1.807, 2.05) is 38.1 Å². The van der Waals surface area contributed by atoms with E-state index in [1.165, 1.54) is 5.56 Å². The van der Waals surface area contributed by atoms with Gasteiger partial charge in [-0.25, -0.2) is 0 Å². The van der Waals surface area contributed by atoms with Gasteiger partial charge in [-0.1, -0.05) is 17.3 Å². The summed E-state index contributed by atoms with van der Waals surface area (Å²) in [5.74, 6) is 1.76. The normalized spacial score (nSPS) is 10.4. The van der Waals surface area contributed by atoms with Crippen LogP contribution >= 0.6 is 12.2 Å². The number of rotatable bonds is 5. The van der Waals surface area contributed by atoms with E-state index in [2.05, 4.69) is 39.0 Å². The van der Waals surface area contributed by atoms with Gasteiger partial charge in [0.1, 0.15) is 5.75 Å². The van der Waals surface area contributed by atoms with Crippen LogP contribution < -0.4 is 15.4 Å². The summed E-state index contributed by atoms with van der Waals surface area (Å²) in [7, 11) is 1.63. The van der Waals surface area contributed by atoms with Gasteiger partial charge in [-0.05, 0) is 67.5 Å². The van der Waals surface area contributed by atoms with Crippen molar-refractivity contribution in [1.82, 2.24) is 15.5 Å². The van der Waals surface area contributed by atoms with Crippen molar-refractivity contribution in [3.05, 3.63) is 59.5 Å². The summed E-state index contributed by atoms with van der Waals surface area (Å²) < 4.78 is 10.4. The average molecular weight is 368 g/mol. The Morgan fingerprint density at radius 3 is 2.65 bits per heavy atom. The quantitative estimate of drug-likeness (QED) is 0.663. The van der Waals surface area contributed by atoms with Gasteiger partial charge in [-0.2, -0.15) is 4.98 Å². The molecule has 7 heteroatoms. The molecular weight excluding hydrogens is 348 g/mol. The number of benzene rings is 2. The first-order valence-corrected chi connectivity index (χ1v) is 8.55. The van der Waals surface area contributed by atoms with Gasteiger partial charge in [0, 0.05) is 11.3 Å². The van der Waals surface area contributed by atoms with E-state index in [4.69, 9.17) is 21.5 Å². The first-order valence-electron chi connectivity index (χ1n) is 8.14. The highest BCUT2D eigenvalue weighted by Crippen LogP contribution is 2.20. The molecule has 3 aromatic rings. The lowest BCUT2D eigenvalue weighted by molar-refractivity contribution is 0.376. The summed E-state index contributed by atoms with van der Waals surface area (Å²) in [4.78, 5) is 4.38. The van der Waals surface area contributed by atoms with Gasteiger partial charge in [0.2, 0.25) is 11.7 Å². The second kappa shape index (κ2) is 7.97. The van der Waals surface area contributed by atoms with Crippen LogP contribution in [0.4, 0.5) is 5.69 Å². The van der Waals surface area contributed by atoms with E-state index in [0.29, 0.717) is 23.4 Å². The lowest BCUT2D eigenvalue weighted by atomic mass is 10.1. The molecule has 0 aliphatic heterocycles. The SMILES string of the molecule is COc1ccc(-c2noc(CNC(=S)Nc3cc(C)ccc3C)n2)cc1. The second-order valence-electron chi connectivity index (χ2n) is 5.87. The van der Waals surface area contributed by atoms with E-state index in [0.717, 1.165) is 22.6 Å². The second-order valence-corrected chi connectivity index (χ2v) is 6.27. The highest BCUT2D eigenvalue weighted by molar-refractivity contribution is 7.80. The van der Waals surface area contributed by atoms with Crippen molar-refractivity contribution in [3.63, 3.8) is 0 Å². The minimum absolute atomic E-state index is 0.347. The van der Waals surface area contributed by atoms with Crippen molar-refractivity contribution in [2.75, 3.05) is 12.4 Å². The lowest BCUT2D eigenvalue weighted by Crippen LogP contribution is -2.28. The molecule has 0 radical (unpaired) electrons. The summed E-state index contributed by atoms with van der Waals surface area (Å²) >= 11 is 5.34. The topological polar surface area (TPSA) is 72.2 Å². The van der Waals surface area contributed by atoms with Crippen LogP contribution in [0.2, 0.25) is 0 Å².